The Bertz CT molecular complexity index is 853. The molecule has 0 spiro atoms. The Morgan fingerprint density at radius 3 is 1.92 bits per heavy atom. The van der Waals surface area contributed by atoms with E-state index < -0.39 is 0 Å². The van der Waals surface area contributed by atoms with Gasteiger partial charge in [-0.05, 0) is 57.2 Å². The van der Waals surface area contributed by atoms with Gasteiger partial charge in [-0.1, -0.05) is 53.6 Å². The van der Waals surface area contributed by atoms with Crippen LogP contribution >= 0.6 is 0 Å². The van der Waals surface area contributed by atoms with Crippen molar-refractivity contribution in [3.63, 3.8) is 0 Å². The number of hydrogen-bond donors (Lipinski definition) is 0. The van der Waals surface area contributed by atoms with E-state index in [2.05, 4.69) is 18.8 Å². The third-order valence-electron chi connectivity index (χ3n) is 3.92. The normalized spacial score (nSPS) is 12.5. The van der Waals surface area contributed by atoms with Crippen LogP contribution in [0.15, 0.2) is 83.9 Å². The predicted molar refractivity (Wildman–Crippen MR) is 107 cm³/mol. The van der Waals surface area contributed by atoms with Gasteiger partial charge in [-0.3, -0.25) is 0 Å². The molecule has 0 aliphatic heterocycles. The first-order valence-corrected chi connectivity index (χ1v) is 8.71. The molecule has 0 radical (unpaired) electrons. The highest BCUT2D eigenvalue weighted by Gasteiger charge is 2.16. The minimum atomic E-state index is -0.334. The summed E-state index contributed by atoms with van der Waals surface area (Å²) < 4.78 is 12.1. The molecule has 0 aromatic heterocycles. The number of nitrogens with zero attached hydrogens (tertiary/aromatic N) is 1. The van der Waals surface area contributed by atoms with Gasteiger partial charge in [0.05, 0.1) is 5.69 Å². The average molecular weight is 345 g/mol. The number of ether oxygens (including phenoxy) is 2. The van der Waals surface area contributed by atoms with E-state index in [-0.39, 0.29) is 6.10 Å². The lowest BCUT2D eigenvalue weighted by Crippen LogP contribution is -2.28. The van der Waals surface area contributed by atoms with E-state index in [0.29, 0.717) is 5.90 Å². The van der Waals surface area contributed by atoms with Crippen LogP contribution in [0, 0.1) is 13.8 Å². The van der Waals surface area contributed by atoms with Crippen LogP contribution in [0.4, 0.5) is 5.69 Å². The summed E-state index contributed by atoms with van der Waals surface area (Å²) in [6.45, 7) is 6.05. The highest BCUT2D eigenvalue weighted by Crippen LogP contribution is 2.19. The molecule has 0 aliphatic carbocycles. The summed E-state index contributed by atoms with van der Waals surface area (Å²) in [5.41, 5.74) is 3.22. The Kier molecular flexibility index (Phi) is 5.69. The summed E-state index contributed by atoms with van der Waals surface area (Å²) in [6.07, 6.45) is -0.334. The molecule has 0 amide bonds. The van der Waals surface area contributed by atoms with Crippen molar-refractivity contribution in [1.82, 2.24) is 0 Å². The molecule has 3 nitrogen and oxygen atoms in total. The number of aliphatic imine (C=N–C) groups is 1. The maximum Gasteiger partial charge on any atom is 0.236 e. The maximum atomic E-state index is 6.04. The summed E-state index contributed by atoms with van der Waals surface area (Å²) in [7, 11) is 0. The molecule has 3 aromatic carbocycles. The van der Waals surface area contributed by atoms with Crippen LogP contribution in [0.2, 0.25) is 0 Å². The van der Waals surface area contributed by atoms with Crippen LogP contribution in [-0.2, 0) is 0 Å². The second kappa shape index (κ2) is 8.34. The molecular weight excluding hydrogens is 322 g/mol. The van der Waals surface area contributed by atoms with Gasteiger partial charge < -0.3 is 9.47 Å². The van der Waals surface area contributed by atoms with Crippen molar-refractivity contribution in [2.45, 2.75) is 26.9 Å². The van der Waals surface area contributed by atoms with E-state index in [1.165, 1.54) is 11.1 Å². The maximum absolute atomic E-state index is 6.04. The minimum Gasteiger partial charge on any atom is -0.481 e. The minimum absolute atomic E-state index is 0.334. The van der Waals surface area contributed by atoms with E-state index in [0.717, 1.165) is 17.2 Å². The van der Waals surface area contributed by atoms with Crippen molar-refractivity contribution in [1.29, 1.82) is 0 Å². The second-order valence-corrected chi connectivity index (χ2v) is 6.27. The molecule has 3 rings (SSSR count). The molecule has 0 N–H and O–H groups in total. The van der Waals surface area contributed by atoms with Crippen molar-refractivity contribution in [3.05, 3.63) is 90.0 Å². The van der Waals surface area contributed by atoms with Crippen molar-refractivity contribution in [3.8, 4) is 11.5 Å². The van der Waals surface area contributed by atoms with E-state index in [4.69, 9.17) is 9.47 Å². The van der Waals surface area contributed by atoms with Gasteiger partial charge in [0.15, 0.2) is 6.10 Å². The Hall–Kier alpha value is -3.07. The zero-order valence-corrected chi connectivity index (χ0v) is 15.3. The third kappa shape index (κ3) is 4.96. The molecule has 132 valence electrons. The van der Waals surface area contributed by atoms with Gasteiger partial charge in [-0.25, -0.2) is 4.99 Å². The molecule has 0 fully saturated rings. The summed E-state index contributed by atoms with van der Waals surface area (Å²) >= 11 is 0. The van der Waals surface area contributed by atoms with Crippen molar-refractivity contribution >= 4 is 11.6 Å². The van der Waals surface area contributed by atoms with E-state index >= 15 is 0 Å². The van der Waals surface area contributed by atoms with Crippen LogP contribution in [0.3, 0.4) is 0 Å². The number of hydrogen-bond acceptors (Lipinski definition) is 3. The van der Waals surface area contributed by atoms with Crippen LogP contribution in [0.1, 0.15) is 18.1 Å². The van der Waals surface area contributed by atoms with E-state index in [9.17, 15) is 0 Å². The molecule has 0 saturated heterocycles. The standard InChI is InChI=1S/C23H23NO2/c1-17-9-13-20(14-10-17)24-23(26-21-7-5-4-6-8-21)19(3)25-22-15-11-18(2)12-16-22/h4-16,19H,1-3H3. The van der Waals surface area contributed by atoms with Gasteiger partial charge in [-0.2, -0.15) is 0 Å². The van der Waals surface area contributed by atoms with Crippen molar-refractivity contribution < 1.29 is 9.47 Å². The molecule has 0 heterocycles. The van der Waals surface area contributed by atoms with E-state index in [1.54, 1.807) is 0 Å². The SMILES string of the molecule is Cc1ccc(N=C(Oc2ccccc2)C(C)Oc2ccc(C)cc2)cc1. The van der Waals surface area contributed by atoms with Crippen LogP contribution in [0.5, 0.6) is 11.5 Å². The first-order chi connectivity index (χ1) is 12.6. The Labute approximate surface area is 154 Å². The van der Waals surface area contributed by atoms with Gasteiger partial charge in [0.2, 0.25) is 5.90 Å². The van der Waals surface area contributed by atoms with Gasteiger partial charge >= 0.3 is 0 Å². The zero-order chi connectivity index (χ0) is 18.4. The van der Waals surface area contributed by atoms with Gasteiger partial charge in [0.25, 0.3) is 0 Å². The molecular formula is C23H23NO2. The fraction of sp³-hybridized carbons (Fsp3) is 0.174. The largest absolute Gasteiger partial charge is 0.481 e. The van der Waals surface area contributed by atoms with Crippen LogP contribution in [0.25, 0.3) is 0 Å². The van der Waals surface area contributed by atoms with Crippen LogP contribution < -0.4 is 9.47 Å². The summed E-state index contributed by atoms with van der Waals surface area (Å²) in [5.74, 6) is 2.04. The highest BCUT2D eigenvalue weighted by atomic mass is 16.5. The smallest absolute Gasteiger partial charge is 0.236 e. The Morgan fingerprint density at radius 1 is 0.731 bits per heavy atom. The Balaban J connectivity index is 1.85. The molecule has 1 unspecified atom stereocenters. The molecule has 0 aliphatic rings. The van der Waals surface area contributed by atoms with E-state index in [1.807, 2.05) is 85.8 Å². The topological polar surface area (TPSA) is 30.8 Å². The van der Waals surface area contributed by atoms with Crippen LogP contribution in [-0.4, -0.2) is 12.0 Å². The summed E-state index contributed by atoms with van der Waals surface area (Å²) in [4.78, 5) is 4.68. The average Bonchev–Trinajstić information content (AvgIpc) is 2.65. The first kappa shape index (κ1) is 17.7. The lowest BCUT2D eigenvalue weighted by atomic mass is 10.2. The fourth-order valence-corrected chi connectivity index (χ4v) is 2.42. The summed E-state index contributed by atoms with van der Waals surface area (Å²) in [5, 5.41) is 0. The molecule has 3 aromatic rings. The lowest BCUT2D eigenvalue weighted by Gasteiger charge is -2.18. The molecule has 0 saturated carbocycles. The van der Waals surface area contributed by atoms with Crippen molar-refractivity contribution in [2.24, 2.45) is 4.99 Å². The summed E-state index contributed by atoms with van der Waals surface area (Å²) in [6, 6.07) is 25.6. The Morgan fingerprint density at radius 2 is 1.31 bits per heavy atom. The van der Waals surface area contributed by atoms with Crippen molar-refractivity contribution in [2.75, 3.05) is 0 Å². The first-order valence-electron chi connectivity index (χ1n) is 8.71. The molecule has 3 heteroatoms. The van der Waals surface area contributed by atoms with Gasteiger partial charge in [0.1, 0.15) is 11.5 Å². The van der Waals surface area contributed by atoms with Gasteiger partial charge in [0, 0.05) is 0 Å². The predicted octanol–water partition coefficient (Wildman–Crippen LogP) is 5.88. The quantitative estimate of drug-likeness (QED) is 0.427. The zero-order valence-electron chi connectivity index (χ0n) is 15.3. The number of rotatable bonds is 5. The van der Waals surface area contributed by atoms with Gasteiger partial charge in [-0.15, -0.1) is 0 Å². The monoisotopic (exact) mass is 345 g/mol. The highest BCUT2D eigenvalue weighted by molar-refractivity contribution is 5.85. The third-order valence-corrected chi connectivity index (χ3v) is 3.92. The molecule has 1 atom stereocenters. The molecule has 0 bridgehead atoms. The second-order valence-electron chi connectivity index (χ2n) is 6.27. The number of benzene rings is 3. The lowest BCUT2D eigenvalue weighted by molar-refractivity contribution is 0.262. The fourth-order valence-electron chi connectivity index (χ4n) is 2.42. The number of para-hydroxylation sites is 1. The number of aryl methyl sites for hydroxylation is 2. The molecule has 26 heavy (non-hydrogen) atoms.